The molecule has 4 N–H and O–H groups in total. The number of nitrogens with two attached hydrogens (primary N) is 1. The number of nitrogens with one attached hydrogen (secondary N) is 2. The van der Waals surface area contributed by atoms with Crippen molar-refractivity contribution in [2.24, 2.45) is 5.73 Å². The fourth-order valence-corrected chi connectivity index (χ4v) is 2.80. The van der Waals surface area contributed by atoms with E-state index in [1.807, 2.05) is 49.4 Å². The summed E-state index contributed by atoms with van der Waals surface area (Å²) in [5.41, 5.74) is 9.26. The van der Waals surface area contributed by atoms with Crippen LogP contribution in [0.25, 0.3) is 0 Å². The maximum absolute atomic E-state index is 13.1. The Labute approximate surface area is 158 Å². The molecule has 0 aliphatic heterocycles. The van der Waals surface area contributed by atoms with E-state index in [0.717, 1.165) is 16.9 Å². The molecule has 5 heteroatoms. The fourth-order valence-electron chi connectivity index (χ4n) is 2.80. The molecule has 0 heterocycles. The summed E-state index contributed by atoms with van der Waals surface area (Å²) in [5.74, 6) is 0.337. The van der Waals surface area contributed by atoms with Crippen molar-refractivity contribution in [3.8, 4) is 5.75 Å². The van der Waals surface area contributed by atoms with E-state index in [1.54, 1.807) is 18.2 Å². The lowest BCUT2D eigenvalue weighted by molar-refractivity contribution is 0.180. The molecule has 138 valence electrons. The number of rotatable bonds is 7. The molecule has 27 heavy (non-hydrogen) atoms. The van der Waals surface area contributed by atoms with Gasteiger partial charge in [-0.2, -0.15) is 0 Å². The average molecular weight is 363 g/mol. The van der Waals surface area contributed by atoms with E-state index in [-0.39, 0.29) is 18.0 Å². The van der Waals surface area contributed by atoms with E-state index >= 15 is 0 Å². The van der Waals surface area contributed by atoms with E-state index in [4.69, 9.17) is 15.9 Å². The van der Waals surface area contributed by atoms with Crippen LogP contribution >= 0.6 is 0 Å². The summed E-state index contributed by atoms with van der Waals surface area (Å²) >= 11 is 0. The monoisotopic (exact) mass is 363 g/mol. The van der Waals surface area contributed by atoms with E-state index in [2.05, 4.69) is 5.32 Å². The van der Waals surface area contributed by atoms with Crippen LogP contribution in [-0.2, 0) is 0 Å². The number of hydrogen-bond donors (Lipinski definition) is 3. The minimum Gasteiger partial charge on any atom is -0.484 e. The molecule has 0 spiro atoms. The number of anilines is 2. The fraction of sp³-hybridized carbons (Fsp3) is 0.136. The minimum atomic E-state index is -0.292. The second kappa shape index (κ2) is 8.47. The lowest BCUT2D eigenvalue weighted by atomic mass is 10.0. The van der Waals surface area contributed by atoms with E-state index in [0.29, 0.717) is 11.3 Å². The predicted octanol–water partition coefficient (Wildman–Crippen LogP) is 5.03. The topological polar surface area (TPSA) is 71.1 Å². The quantitative estimate of drug-likeness (QED) is 0.515. The molecule has 4 nitrogen and oxygen atoms in total. The third-order valence-corrected chi connectivity index (χ3v) is 4.17. The maximum atomic E-state index is 13.1. The van der Waals surface area contributed by atoms with Gasteiger partial charge in [0.1, 0.15) is 17.7 Å². The molecule has 0 bridgehead atoms. The Hall–Kier alpha value is -3.18. The molecule has 0 saturated carbocycles. The Bertz CT molecular complexity index is 895. The molecule has 0 fully saturated rings. The smallest absolute Gasteiger partial charge is 0.138 e. The van der Waals surface area contributed by atoms with Gasteiger partial charge in [-0.15, -0.1) is 0 Å². The molecule has 3 aromatic carbocycles. The van der Waals surface area contributed by atoms with Crippen molar-refractivity contribution in [3.05, 3.63) is 89.7 Å². The first-order valence-electron chi connectivity index (χ1n) is 8.71. The first kappa shape index (κ1) is 18.6. The standard InChI is InChI=1S/C22H22FN3O/c1-15(25)22(16-5-3-2-4-6-16)27-20-11-12-21(17(13-20)14-24)26-19-9-7-18(23)8-10-19/h2-15,22,24,26H,25H2,1H3/t15?,22-/m0/s1. The zero-order chi connectivity index (χ0) is 19.2. The van der Waals surface area contributed by atoms with Gasteiger partial charge in [0.05, 0.1) is 0 Å². The molecule has 0 aliphatic rings. The van der Waals surface area contributed by atoms with Gasteiger partial charge in [-0.25, -0.2) is 4.39 Å². The van der Waals surface area contributed by atoms with Gasteiger partial charge in [-0.3, -0.25) is 0 Å². The van der Waals surface area contributed by atoms with E-state index in [9.17, 15) is 4.39 Å². The molecule has 1 unspecified atom stereocenters. The molecule has 0 aliphatic carbocycles. The van der Waals surface area contributed by atoms with Crippen molar-refractivity contribution < 1.29 is 9.13 Å². The van der Waals surface area contributed by atoms with Crippen LogP contribution in [0.15, 0.2) is 72.8 Å². The molecule has 0 radical (unpaired) electrons. The molecular formula is C22H22FN3O. The number of benzene rings is 3. The van der Waals surface area contributed by atoms with Crippen LogP contribution in [0, 0.1) is 11.2 Å². The number of halogens is 1. The molecule has 3 aromatic rings. The number of ether oxygens (including phenoxy) is 1. The van der Waals surface area contributed by atoms with Crippen molar-refractivity contribution in [1.82, 2.24) is 0 Å². The highest BCUT2D eigenvalue weighted by Crippen LogP contribution is 2.29. The van der Waals surface area contributed by atoms with Gasteiger partial charge in [0.2, 0.25) is 0 Å². The average Bonchev–Trinajstić information content (AvgIpc) is 2.69. The van der Waals surface area contributed by atoms with Crippen molar-refractivity contribution in [2.75, 3.05) is 5.32 Å². The van der Waals surface area contributed by atoms with Gasteiger partial charge in [-0.1, -0.05) is 30.3 Å². The van der Waals surface area contributed by atoms with Gasteiger partial charge in [-0.05, 0) is 55.0 Å². The summed E-state index contributed by atoms with van der Waals surface area (Å²) in [4.78, 5) is 0. The van der Waals surface area contributed by atoms with E-state index in [1.165, 1.54) is 18.3 Å². The first-order chi connectivity index (χ1) is 13.1. The highest BCUT2D eigenvalue weighted by molar-refractivity contribution is 5.88. The molecule has 3 rings (SSSR count). The van der Waals surface area contributed by atoms with Crippen LogP contribution < -0.4 is 15.8 Å². The van der Waals surface area contributed by atoms with Crippen molar-refractivity contribution in [2.45, 2.75) is 19.1 Å². The van der Waals surface area contributed by atoms with Crippen LogP contribution in [-0.4, -0.2) is 12.3 Å². The highest BCUT2D eigenvalue weighted by Gasteiger charge is 2.18. The minimum absolute atomic E-state index is 0.201. The summed E-state index contributed by atoms with van der Waals surface area (Å²) < 4.78 is 19.2. The van der Waals surface area contributed by atoms with Crippen LogP contribution in [0.4, 0.5) is 15.8 Å². The SMILES string of the molecule is CC(N)[C@H](Oc1ccc(Nc2ccc(F)cc2)c(C=N)c1)c1ccccc1. The second-order valence-corrected chi connectivity index (χ2v) is 6.33. The van der Waals surface area contributed by atoms with Gasteiger partial charge in [0.25, 0.3) is 0 Å². The Morgan fingerprint density at radius 2 is 1.74 bits per heavy atom. The summed E-state index contributed by atoms with van der Waals surface area (Å²) in [6, 6.07) is 21.1. The third-order valence-electron chi connectivity index (χ3n) is 4.17. The Kier molecular flexibility index (Phi) is 5.84. The maximum Gasteiger partial charge on any atom is 0.138 e. The molecule has 0 aromatic heterocycles. The van der Waals surface area contributed by atoms with Gasteiger partial charge >= 0.3 is 0 Å². The van der Waals surface area contributed by atoms with Gasteiger partial charge in [0.15, 0.2) is 0 Å². The lowest BCUT2D eigenvalue weighted by Crippen LogP contribution is -2.29. The lowest BCUT2D eigenvalue weighted by Gasteiger charge is -2.23. The Morgan fingerprint density at radius 3 is 2.37 bits per heavy atom. The van der Waals surface area contributed by atoms with Crippen LogP contribution in [0.1, 0.15) is 24.2 Å². The predicted molar refractivity (Wildman–Crippen MR) is 107 cm³/mol. The molecule has 0 saturated heterocycles. The molecule has 0 amide bonds. The van der Waals surface area contributed by atoms with Crippen molar-refractivity contribution >= 4 is 17.6 Å². The summed E-state index contributed by atoms with van der Waals surface area (Å²) in [6.45, 7) is 1.90. The Morgan fingerprint density at radius 1 is 1.04 bits per heavy atom. The van der Waals surface area contributed by atoms with Crippen LogP contribution in [0.2, 0.25) is 0 Å². The molecule has 2 atom stereocenters. The summed E-state index contributed by atoms with van der Waals surface area (Å²) in [7, 11) is 0. The van der Waals surface area contributed by atoms with Gasteiger partial charge < -0.3 is 21.2 Å². The van der Waals surface area contributed by atoms with Crippen LogP contribution in [0.5, 0.6) is 5.75 Å². The number of hydrogen-bond acceptors (Lipinski definition) is 4. The highest BCUT2D eigenvalue weighted by atomic mass is 19.1. The summed E-state index contributed by atoms with van der Waals surface area (Å²) in [6.07, 6.45) is 0.961. The summed E-state index contributed by atoms with van der Waals surface area (Å²) in [5, 5.41) is 10.9. The zero-order valence-corrected chi connectivity index (χ0v) is 15.0. The van der Waals surface area contributed by atoms with E-state index < -0.39 is 0 Å². The zero-order valence-electron chi connectivity index (χ0n) is 15.0. The largest absolute Gasteiger partial charge is 0.484 e. The third kappa shape index (κ3) is 4.71. The molecular weight excluding hydrogens is 341 g/mol. The van der Waals surface area contributed by atoms with Crippen molar-refractivity contribution in [1.29, 1.82) is 5.41 Å². The Balaban J connectivity index is 1.82. The van der Waals surface area contributed by atoms with Gasteiger partial charge in [0, 0.05) is 29.2 Å². The van der Waals surface area contributed by atoms with Crippen LogP contribution in [0.3, 0.4) is 0 Å². The first-order valence-corrected chi connectivity index (χ1v) is 8.71. The van der Waals surface area contributed by atoms with Crippen molar-refractivity contribution in [3.63, 3.8) is 0 Å². The second-order valence-electron chi connectivity index (χ2n) is 6.33. The normalized spacial score (nSPS) is 12.9.